The van der Waals surface area contributed by atoms with Crippen molar-refractivity contribution >= 4 is 33.2 Å². The zero-order valence-corrected chi connectivity index (χ0v) is 15.4. The largest absolute Gasteiger partial charge is 0.510 e. The second-order valence-corrected chi connectivity index (χ2v) is 9.88. The molecule has 24 heavy (non-hydrogen) atoms. The highest BCUT2D eigenvalue weighted by atomic mass is 35.5. The van der Waals surface area contributed by atoms with Crippen molar-refractivity contribution in [3.63, 3.8) is 0 Å². The van der Waals surface area contributed by atoms with Crippen LogP contribution >= 0.6 is 22.9 Å². The summed E-state index contributed by atoms with van der Waals surface area (Å²) < 4.78 is 1.13. The number of benzene rings is 1. The van der Waals surface area contributed by atoms with Crippen LogP contribution in [0.1, 0.15) is 44.0 Å². The lowest BCUT2D eigenvalue weighted by molar-refractivity contribution is 0.0622. The number of rotatable bonds is 2. The van der Waals surface area contributed by atoms with Crippen LogP contribution in [0.3, 0.4) is 0 Å². The summed E-state index contributed by atoms with van der Waals surface area (Å²) in [5, 5.41) is 12.0. The molecule has 1 aromatic carbocycles. The number of aliphatic hydroxyl groups excluding tert-OH is 1. The van der Waals surface area contributed by atoms with Crippen LogP contribution in [0.5, 0.6) is 0 Å². The molecule has 4 saturated carbocycles. The van der Waals surface area contributed by atoms with Crippen LogP contribution in [0.4, 0.5) is 0 Å². The molecular weight excluding hydrogens is 338 g/mol. The fourth-order valence-electron chi connectivity index (χ4n) is 5.52. The number of hydrogen-bond acceptors (Lipinski definition) is 3. The van der Waals surface area contributed by atoms with Crippen LogP contribution in [-0.4, -0.2) is 10.1 Å². The molecule has 0 saturated heterocycles. The minimum absolute atomic E-state index is 0.400. The molecule has 1 heterocycles. The van der Waals surface area contributed by atoms with Gasteiger partial charge in [0.2, 0.25) is 0 Å². The van der Waals surface area contributed by atoms with E-state index in [-0.39, 0.29) is 0 Å². The highest BCUT2D eigenvalue weighted by Crippen LogP contribution is 2.58. The average molecular weight is 360 g/mol. The molecule has 2 nitrogen and oxygen atoms in total. The van der Waals surface area contributed by atoms with Gasteiger partial charge in [-0.15, -0.1) is 22.9 Å². The van der Waals surface area contributed by atoms with Crippen LogP contribution in [0.15, 0.2) is 35.6 Å². The van der Waals surface area contributed by atoms with Crippen LogP contribution < -0.4 is 0 Å². The molecule has 4 aliphatic carbocycles. The lowest BCUT2D eigenvalue weighted by Gasteiger charge is -2.52. The molecule has 0 amide bonds. The van der Waals surface area contributed by atoms with Gasteiger partial charge in [-0.3, -0.25) is 0 Å². The number of para-hydroxylation sites is 1. The Morgan fingerprint density at radius 3 is 2.38 bits per heavy atom. The zero-order valence-electron chi connectivity index (χ0n) is 13.8. The summed E-state index contributed by atoms with van der Waals surface area (Å²) in [7, 11) is 0. The second kappa shape index (κ2) is 5.22. The Morgan fingerprint density at radius 2 is 1.75 bits per heavy atom. The maximum atomic E-state index is 11.2. The first kappa shape index (κ1) is 15.2. The van der Waals surface area contributed by atoms with E-state index in [2.05, 4.69) is 6.07 Å². The van der Waals surface area contributed by atoms with E-state index in [1.165, 1.54) is 37.7 Å². The predicted octanol–water partition coefficient (Wildman–Crippen LogP) is 6.02. The Bertz CT molecular complexity index is 774. The summed E-state index contributed by atoms with van der Waals surface area (Å²) >= 11 is 8.51. The number of halogens is 1. The molecule has 1 atom stereocenters. The molecular formula is C20H22ClNOS. The van der Waals surface area contributed by atoms with E-state index in [1.807, 2.05) is 25.1 Å². The first-order valence-corrected chi connectivity index (χ1v) is 10.2. The molecule has 6 rings (SSSR count). The van der Waals surface area contributed by atoms with E-state index in [1.54, 1.807) is 11.3 Å². The molecule has 0 aliphatic heterocycles. The molecule has 4 fully saturated rings. The monoisotopic (exact) mass is 359 g/mol. The topological polar surface area (TPSA) is 33.1 Å². The van der Waals surface area contributed by atoms with Crippen molar-refractivity contribution in [2.24, 2.45) is 23.7 Å². The smallest absolute Gasteiger partial charge is 0.150 e. The number of nitrogens with zero attached hydrogens (tertiary/aromatic N) is 1. The van der Waals surface area contributed by atoms with E-state index < -0.39 is 4.87 Å². The number of allylic oxidation sites excluding steroid dienone is 2. The maximum Gasteiger partial charge on any atom is 0.150 e. The van der Waals surface area contributed by atoms with Gasteiger partial charge in [-0.2, -0.15) is 0 Å². The Morgan fingerprint density at radius 1 is 1.12 bits per heavy atom. The van der Waals surface area contributed by atoms with E-state index in [4.69, 9.17) is 16.6 Å². The van der Waals surface area contributed by atoms with E-state index in [0.717, 1.165) is 27.1 Å². The van der Waals surface area contributed by atoms with E-state index >= 15 is 0 Å². The summed E-state index contributed by atoms with van der Waals surface area (Å²) in [4.78, 5) is 3.80. The predicted molar refractivity (Wildman–Crippen MR) is 99.5 cm³/mol. The van der Waals surface area contributed by atoms with Crippen molar-refractivity contribution in [3.05, 3.63) is 40.6 Å². The number of hydrogen-bond donors (Lipinski definition) is 1. The van der Waals surface area contributed by atoms with Crippen molar-refractivity contribution in [3.8, 4) is 0 Å². The summed E-state index contributed by atoms with van der Waals surface area (Å²) in [6, 6.07) is 8.09. The van der Waals surface area contributed by atoms with Gasteiger partial charge in [0.25, 0.3) is 0 Å². The zero-order chi connectivity index (χ0) is 16.5. The molecule has 4 heteroatoms. The maximum absolute atomic E-state index is 11.2. The van der Waals surface area contributed by atoms with Crippen LogP contribution in [0, 0.1) is 23.7 Å². The highest BCUT2D eigenvalue weighted by Gasteiger charge is 2.49. The first-order chi connectivity index (χ1) is 11.5. The average Bonchev–Trinajstić information content (AvgIpc) is 2.98. The minimum Gasteiger partial charge on any atom is -0.510 e. The standard InChI is InChI=1S/C20H22ClNOS/c1-20(21,19-22-15-4-2-3-5-16(15)24-19)18(23)17-13-7-11-6-12(9-13)10-14(17)8-11/h2-5,11-14,23H,6-10H2,1H3. The normalized spacial score (nSPS) is 33.8. The Labute approximate surface area is 151 Å². The lowest BCUT2D eigenvalue weighted by atomic mass is 9.53. The summed E-state index contributed by atoms with van der Waals surface area (Å²) in [6.45, 7) is 1.92. The molecule has 4 aliphatic rings. The van der Waals surface area contributed by atoms with Gasteiger partial charge in [0, 0.05) is 0 Å². The van der Waals surface area contributed by atoms with Crippen LogP contribution in [0.25, 0.3) is 10.2 Å². The number of aromatic nitrogens is 1. The number of aliphatic hydroxyl groups is 1. The fourth-order valence-corrected chi connectivity index (χ4v) is 6.80. The van der Waals surface area contributed by atoms with Gasteiger partial charge in [0.15, 0.2) is 0 Å². The first-order valence-electron chi connectivity index (χ1n) is 9.01. The van der Waals surface area contributed by atoms with E-state index in [9.17, 15) is 5.11 Å². The van der Waals surface area contributed by atoms with Gasteiger partial charge in [-0.05, 0) is 80.4 Å². The summed E-state index contributed by atoms with van der Waals surface area (Å²) in [5.74, 6) is 3.26. The molecule has 1 unspecified atom stereocenters. The van der Waals surface area contributed by atoms with Crippen molar-refractivity contribution in [2.45, 2.75) is 43.9 Å². The SMILES string of the molecule is CC(Cl)(C(O)=C1C2CC3CC(C2)CC1C3)c1nc2ccccc2s1. The van der Waals surface area contributed by atoms with Gasteiger partial charge in [-0.25, -0.2) is 4.98 Å². The number of thiazole rings is 1. The van der Waals surface area contributed by atoms with Crippen molar-refractivity contribution in [2.75, 3.05) is 0 Å². The van der Waals surface area contributed by atoms with Gasteiger partial charge >= 0.3 is 0 Å². The third-order valence-electron chi connectivity index (χ3n) is 6.43. The fraction of sp³-hybridized carbons (Fsp3) is 0.550. The number of fused-ring (bicyclic) bond motifs is 1. The van der Waals surface area contributed by atoms with Gasteiger partial charge in [-0.1, -0.05) is 12.1 Å². The van der Waals surface area contributed by atoms with Crippen molar-refractivity contribution in [1.29, 1.82) is 0 Å². The Kier molecular flexibility index (Phi) is 3.31. The molecule has 2 aromatic rings. The lowest BCUT2D eigenvalue weighted by Crippen LogP contribution is -2.42. The van der Waals surface area contributed by atoms with E-state index in [0.29, 0.717) is 17.6 Å². The Hall–Kier alpha value is -1.06. The quantitative estimate of drug-likeness (QED) is 0.525. The van der Waals surface area contributed by atoms with Crippen molar-refractivity contribution < 1.29 is 5.11 Å². The molecule has 1 aromatic heterocycles. The number of alkyl halides is 1. The molecule has 1 N–H and O–H groups in total. The van der Waals surface area contributed by atoms with Gasteiger partial charge < -0.3 is 5.11 Å². The third-order valence-corrected chi connectivity index (χ3v) is 8.16. The Balaban J connectivity index is 1.58. The summed E-state index contributed by atoms with van der Waals surface area (Å²) in [6.07, 6.45) is 6.41. The van der Waals surface area contributed by atoms with Crippen LogP contribution in [0.2, 0.25) is 0 Å². The third kappa shape index (κ3) is 2.17. The highest BCUT2D eigenvalue weighted by molar-refractivity contribution is 7.19. The molecule has 0 radical (unpaired) electrons. The van der Waals surface area contributed by atoms with Gasteiger partial charge in [0.05, 0.1) is 10.2 Å². The summed E-state index contributed by atoms with van der Waals surface area (Å²) in [5.41, 5.74) is 2.23. The molecule has 4 bridgehead atoms. The second-order valence-electron chi connectivity index (χ2n) is 8.10. The van der Waals surface area contributed by atoms with Crippen LogP contribution in [-0.2, 0) is 4.87 Å². The molecule has 126 valence electrons. The van der Waals surface area contributed by atoms with Crippen molar-refractivity contribution in [1.82, 2.24) is 4.98 Å². The molecule has 0 spiro atoms. The minimum atomic E-state index is -0.908. The van der Waals surface area contributed by atoms with Gasteiger partial charge in [0.1, 0.15) is 15.6 Å².